The minimum Gasteiger partial charge on any atom is -0.390 e. The fraction of sp³-hybridized carbons (Fsp3) is 0.714. The first-order chi connectivity index (χ1) is 9.58. The molecule has 6 heteroatoms. The average Bonchev–Trinajstić information content (AvgIpc) is 2.98. The minimum atomic E-state index is -0.492. The molecule has 1 N–H and O–H groups in total. The van der Waals surface area contributed by atoms with Gasteiger partial charge in [-0.2, -0.15) is 5.10 Å². The molecule has 2 rings (SSSR count). The molecule has 1 amide bonds. The highest BCUT2D eigenvalue weighted by Crippen LogP contribution is 2.11. The van der Waals surface area contributed by atoms with Crippen LogP contribution in [0.25, 0.3) is 0 Å². The van der Waals surface area contributed by atoms with Crippen molar-refractivity contribution in [1.82, 2.24) is 19.6 Å². The predicted octanol–water partition coefficient (Wildman–Crippen LogP) is 0.225. The van der Waals surface area contributed by atoms with Crippen LogP contribution in [0.3, 0.4) is 0 Å². The fourth-order valence-electron chi connectivity index (χ4n) is 2.62. The second kappa shape index (κ2) is 6.85. The van der Waals surface area contributed by atoms with E-state index < -0.39 is 6.10 Å². The number of likely N-dealkylation sites (N-methyl/N-ethyl adjacent to an activating group) is 1. The SMILES string of the molecule is CCN(Cc1cnn(C)c1)CC(O)CN1CCCC1=O. The third-order valence-corrected chi connectivity index (χ3v) is 3.68. The zero-order valence-corrected chi connectivity index (χ0v) is 12.3. The number of likely N-dealkylation sites (tertiary alicyclic amines) is 1. The number of aryl methyl sites for hydroxylation is 1. The predicted molar refractivity (Wildman–Crippen MR) is 76.0 cm³/mol. The van der Waals surface area contributed by atoms with Crippen LogP contribution in [0.2, 0.25) is 0 Å². The summed E-state index contributed by atoms with van der Waals surface area (Å²) in [6.45, 7) is 5.52. The van der Waals surface area contributed by atoms with E-state index in [2.05, 4.69) is 16.9 Å². The molecule has 0 aliphatic carbocycles. The number of aliphatic hydroxyl groups excluding tert-OH is 1. The topological polar surface area (TPSA) is 61.6 Å². The molecule has 0 saturated carbocycles. The van der Waals surface area contributed by atoms with Gasteiger partial charge in [-0.1, -0.05) is 6.92 Å². The summed E-state index contributed by atoms with van der Waals surface area (Å²) in [5, 5.41) is 14.3. The van der Waals surface area contributed by atoms with Gasteiger partial charge in [-0.25, -0.2) is 0 Å². The molecule has 1 aromatic heterocycles. The number of β-amino-alcohol motifs (C(OH)–C–C–N with tert-alkyl or cyclic N) is 1. The fourth-order valence-corrected chi connectivity index (χ4v) is 2.62. The monoisotopic (exact) mass is 280 g/mol. The standard InChI is InChI=1S/C14H24N4O2/c1-3-17(9-12-7-15-16(2)8-12)10-13(19)11-18-6-4-5-14(18)20/h7-8,13,19H,3-6,9-11H2,1-2H3. The Bertz CT molecular complexity index is 446. The number of carbonyl (C=O) groups excluding carboxylic acids is 1. The van der Waals surface area contributed by atoms with Crippen molar-refractivity contribution < 1.29 is 9.90 Å². The van der Waals surface area contributed by atoms with Crippen LogP contribution < -0.4 is 0 Å². The normalized spacial score (nSPS) is 17.2. The van der Waals surface area contributed by atoms with E-state index in [-0.39, 0.29) is 5.91 Å². The maximum Gasteiger partial charge on any atom is 0.222 e. The lowest BCUT2D eigenvalue weighted by Gasteiger charge is -2.26. The summed E-state index contributed by atoms with van der Waals surface area (Å²) in [6.07, 6.45) is 4.88. The molecule has 0 aromatic carbocycles. The van der Waals surface area contributed by atoms with Crippen molar-refractivity contribution in [2.75, 3.05) is 26.2 Å². The molecule has 1 unspecified atom stereocenters. The Morgan fingerprint density at radius 1 is 1.55 bits per heavy atom. The number of aromatic nitrogens is 2. The maximum atomic E-state index is 11.5. The van der Waals surface area contributed by atoms with Gasteiger partial charge < -0.3 is 10.0 Å². The van der Waals surface area contributed by atoms with Gasteiger partial charge in [0, 0.05) is 51.4 Å². The molecule has 2 heterocycles. The van der Waals surface area contributed by atoms with E-state index in [1.54, 1.807) is 9.58 Å². The Morgan fingerprint density at radius 2 is 2.35 bits per heavy atom. The molecule has 20 heavy (non-hydrogen) atoms. The van der Waals surface area contributed by atoms with Gasteiger partial charge in [-0.3, -0.25) is 14.4 Å². The van der Waals surface area contributed by atoms with Gasteiger partial charge in [0.1, 0.15) is 0 Å². The molecule has 1 aliphatic heterocycles. The van der Waals surface area contributed by atoms with E-state index in [0.29, 0.717) is 19.5 Å². The van der Waals surface area contributed by atoms with E-state index in [1.165, 1.54) is 0 Å². The average molecular weight is 280 g/mol. The Hall–Kier alpha value is -1.40. The minimum absolute atomic E-state index is 0.166. The van der Waals surface area contributed by atoms with Gasteiger partial charge in [0.05, 0.1) is 12.3 Å². The quantitative estimate of drug-likeness (QED) is 0.776. The highest BCUT2D eigenvalue weighted by Gasteiger charge is 2.23. The molecule has 6 nitrogen and oxygen atoms in total. The van der Waals surface area contributed by atoms with Crippen LogP contribution in [0.1, 0.15) is 25.3 Å². The number of rotatable bonds is 7. The molecule has 1 aromatic rings. The number of carbonyl (C=O) groups is 1. The van der Waals surface area contributed by atoms with E-state index in [9.17, 15) is 9.90 Å². The lowest BCUT2D eigenvalue weighted by atomic mass is 10.2. The van der Waals surface area contributed by atoms with Gasteiger partial charge in [0.15, 0.2) is 0 Å². The summed E-state index contributed by atoms with van der Waals surface area (Å²) < 4.78 is 1.78. The highest BCUT2D eigenvalue weighted by atomic mass is 16.3. The van der Waals surface area contributed by atoms with Crippen LogP contribution in [0.4, 0.5) is 0 Å². The molecule has 1 saturated heterocycles. The Labute approximate surface area is 120 Å². The second-order valence-electron chi connectivity index (χ2n) is 5.45. The van der Waals surface area contributed by atoms with Crippen LogP contribution >= 0.6 is 0 Å². The third kappa shape index (κ3) is 4.05. The van der Waals surface area contributed by atoms with Crippen LogP contribution in [0, 0.1) is 0 Å². The van der Waals surface area contributed by atoms with E-state index in [4.69, 9.17) is 0 Å². The molecule has 1 aliphatic rings. The lowest BCUT2D eigenvalue weighted by molar-refractivity contribution is -0.129. The molecule has 0 bridgehead atoms. The van der Waals surface area contributed by atoms with E-state index in [0.717, 1.165) is 31.6 Å². The van der Waals surface area contributed by atoms with Crippen LogP contribution in [0.5, 0.6) is 0 Å². The lowest BCUT2D eigenvalue weighted by Crippen LogP contribution is -2.40. The van der Waals surface area contributed by atoms with Crippen molar-refractivity contribution in [2.24, 2.45) is 7.05 Å². The summed E-state index contributed by atoms with van der Waals surface area (Å²) in [7, 11) is 1.90. The first kappa shape index (κ1) is 15.0. The van der Waals surface area contributed by atoms with Crippen molar-refractivity contribution in [3.05, 3.63) is 18.0 Å². The van der Waals surface area contributed by atoms with E-state index >= 15 is 0 Å². The summed E-state index contributed by atoms with van der Waals surface area (Å²) in [6, 6.07) is 0. The zero-order valence-electron chi connectivity index (χ0n) is 12.3. The molecule has 0 radical (unpaired) electrons. The number of nitrogens with zero attached hydrogens (tertiary/aromatic N) is 4. The van der Waals surface area contributed by atoms with Crippen LogP contribution in [0.15, 0.2) is 12.4 Å². The number of hydrogen-bond acceptors (Lipinski definition) is 4. The molecule has 1 atom stereocenters. The van der Waals surface area contributed by atoms with E-state index in [1.807, 2.05) is 19.4 Å². The van der Waals surface area contributed by atoms with Crippen molar-refractivity contribution in [3.8, 4) is 0 Å². The summed E-state index contributed by atoms with van der Waals surface area (Å²) in [5.41, 5.74) is 1.14. The van der Waals surface area contributed by atoms with Crippen molar-refractivity contribution in [1.29, 1.82) is 0 Å². The molecule has 1 fully saturated rings. The number of amides is 1. The summed E-state index contributed by atoms with van der Waals surface area (Å²) in [4.78, 5) is 15.5. The first-order valence-electron chi connectivity index (χ1n) is 7.24. The van der Waals surface area contributed by atoms with Crippen LogP contribution in [-0.2, 0) is 18.4 Å². The smallest absolute Gasteiger partial charge is 0.222 e. The van der Waals surface area contributed by atoms with Crippen molar-refractivity contribution in [3.63, 3.8) is 0 Å². The van der Waals surface area contributed by atoms with Crippen molar-refractivity contribution >= 4 is 5.91 Å². The summed E-state index contributed by atoms with van der Waals surface area (Å²) >= 11 is 0. The molecule has 112 valence electrons. The van der Waals surface area contributed by atoms with Gasteiger partial charge in [-0.05, 0) is 13.0 Å². The molecule has 0 spiro atoms. The Balaban J connectivity index is 1.81. The Kier molecular flexibility index (Phi) is 5.14. The van der Waals surface area contributed by atoms with Gasteiger partial charge in [0.25, 0.3) is 0 Å². The first-order valence-corrected chi connectivity index (χ1v) is 7.24. The van der Waals surface area contributed by atoms with Crippen molar-refractivity contribution in [2.45, 2.75) is 32.4 Å². The number of hydrogen-bond donors (Lipinski definition) is 1. The highest BCUT2D eigenvalue weighted by molar-refractivity contribution is 5.78. The summed E-state index contributed by atoms with van der Waals surface area (Å²) in [5.74, 6) is 0.166. The largest absolute Gasteiger partial charge is 0.390 e. The molecular formula is C14H24N4O2. The number of aliphatic hydroxyl groups is 1. The van der Waals surface area contributed by atoms with Gasteiger partial charge in [-0.15, -0.1) is 0 Å². The Morgan fingerprint density at radius 3 is 2.90 bits per heavy atom. The maximum absolute atomic E-state index is 11.5. The second-order valence-corrected chi connectivity index (χ2v) is 5.45. The molecular weight excluding hydrogens is 256 g/mol. The van der Waals surface area contributed by atoms with Crippen LogP contribution in [-0.4, -0.2) is 62.9 Å². The van der Waals surface area contributed by atoms with Gasteiger partial charge in [0.2, 0.25) is 5.91 Å². The van der Waals surface area contributed by atoms with Gasteiger partial charge >= 0.3 is 0 Å². The zero-order chi connectivity index (χ0) is 14.5. The third-order valence-electron chi connectivity index (χ3n) is 3.68.